The lowest BCUT2D eigenvalue weighted by molar-refractivity contribution is 0.0745. The van der Waals surface area contributed by atoms with E-state index < -0.39 is 0 Å². The third-order valence-corrected chi connectivity index (χ3v) is 4.47. The molecule has 0 radical (unpaired) electrons. The highest BCUT2D eigenvalue weighted by Gasteiger charge is 2.22. The first-order chi connectivity index (χ1) is 12.2. The lowest BCUT2D eigenvalue weighted by Gasteiger charge is -2.36. The van der Waals surface area contributed by atoms with Crippen molar-refractivity contribution in [3.05, 3.63) is 48.4 Å². The van der Waals surface area contributed by atoms with E-state index in [1.54, 1.807) is 30.7 Å². The lowest BCUT2D eigenvalue weighted by atomic mass is 10.2. The number of rotatable bonds is 5. The van der Waals surface area contributed by atoms with Gasteiger partial charge in [-0.2, -0.15) is 0 Å². The second-order valence-corrected chi connectivity index (χ2v) is 6.20. The van der Waals surface area contributed by atoms with E-state index in [2.05, 4.69) is 21.8 Å². The maximum atomic E-state index is 12.8. The van der Waals surface area contributed by atoms with Crippen LogP contribution in [0.5, 0.6) is 5.88 Å². The van der Waals surface area contributed by atoms with Crippen molar-refractivity contribution in [3.8, 4) is 5.88 Å². The van der Waals surface area contributed by atoms with Gasteiger partial charge in [0.15, 0.2) is 0 Å². The number of hydrogen-bond acceptors (Lipinski definition) is 5. The van der Waals surface area contributed by atoms with Gasteiger partial charge in [0.2, 0.25) is 5.88 Å². The number of ether oxygens (including phenoxy) is 1. The monoisotopic (exact) mass is 340 g/mol. The topological polar surface area (TPSA) is 58.6 Å². The molecule has 2 aromatic rings. The Morgan fingerprint density at radius 2 is 1.88 bits per heavy atom. The summed E-state index contributed by atoms with van der Waals surface area (Å²) in [6, 6.07) is 7.49. The van der Waals surface area contributed by atoms with Crippen LogP contribution >= 0.6 is 0 Å². The van der Waals surface area contributed by atoms with Crippen LogP contribution < -0.4 is 9.64 Å². The zero-order valence-corrected chi connectivity index (χ0v) is 14.8. The summed E-state index contributed by atoms with van der Waals surface area (Å²) < 4.78 is 5.72. The molecule has 25 heavy (non-hydrogen) atoms. The molecule has 0 bridgehead atoms. The van der Waals surface area contributed by atoms with Crippen molar-refractivity contribution in [1.82, 2.24) is 14.9 Å². The number of hydrogen-bond donors (Lipinski definition) is 0. The average molecular weight is 340 g/mol. The Balaban J connectivity index is 1.62. The molecule has 3 rings (SSSR count). The van der Waals surface area contributed by atoms with E-state index in [0.717, 1.165) is 25.2 Å². The summed E-state index contributed by atoms with van der Waals surface area (Å²) in [6.07, 6.45) is 6.21. The number of aromatic nitrogens is 2. The smallest absolute Gasteiger partial charge is 0.254 e. The lowest BCUT2D eigenvalue weighted by Crippen LogP contribution is -2.48. The van der Waals surface area contributed by atoms with Gasteiger partial charge in [-0.3, -0.25) is 9.78 Å². The average Bonchev–Trinajstić information content (AvgIpc) is 2.68. The molecule has 0 aliphatic carbocycles. The first-order valence-corrected chi connectivity index (χ1v) is 8.74. The third-order valence-electron chi connectivity index (χ3n) is 4.47. The Morgan fingerprint density at radius 3 is 2.56 bits per heavy atom. The molecule has 1 saturated heterocycles. The van der Waals surface area contributed by atoms with Crippen molar-refractivity contribution in [2.75, 3.05) is 31.1 Å². The minimum absolute atomic E-state index is 0.0331. The number of pyridine rings is 2. The van der Waals surface area contributed by atoms with Gasteiger partial charge in [-0.05, 0) is 31.5 Å². The van der Waals surface area contributed by atoms with Crippen LogP contribution in [0.25, 0.3) is 0 Å². The third kappa shape index (κ3) is 4.26. The Kier molecular flexibility index (Phi) is 5.48. The van der Waals surface area contributed by atoms with Crippen molar-refractivity contribution in [3.63, 3.8) is 0 Å². The molecule has 0 aromatic carbocycles. The molecule has 1 atom stereocenters. The predicted octanol–water partition coefficient (Wildman–Crippen LogP) is 2.62. The molecule has 0 spiro atoms. The van der Waals surface area contributed by atoms with Crippen LogP contribution in [0.15, 0.2) is 42.9 Å². The van der Waals surface area contributed by atoms with Gasteiger partial charge in [0, 0.05) is 62.1 Å². The van der Waals surface area contributed by atoms with Crippen molar-refractivity contribution >= 4 is 11.6 Å². The fourth-order valence-corrected chi connectivity index (χ4v) is 2.80. The summed E-state index contributed by atoms with van der Waals surface area (Å²) in [7, 11) is 0. The quantitative estimate of drug-likeness (QED) is 0.837. The fraction of sp³-hybridized carbons (Fsp3) is 0.421. The zero-order chi connectivity index (χ0) is 17.6. The van der Waals surface area contributed by atoms with E-state index in [-0.39, 0.29) is 12.0 Å². The summed E-state index contributed by atoms with van der Waals surface area (Å²) in [5.74, 6) is 0.543. The Labute approximate surface area is 148 Å². The van der Waals surface area contributed by atoms with E-state index in [1.807, 2.05) is 24.0 Å². The van der Waals surface area contributed by atoms with Gasteiger partial charge in [-0.15, -0.1) is 0 Å². The van der Waals surface area contributed by atoms with E-state index in [1.165, 1.54) is 0 Å². The SMILES string of the molecule is CC[C@@H](C)Oc1cc(C(=O)N2CCN(c3ccncc3)CC2)ccn1. The highest BCUT2D eigenvalue weighted by Crippen LogP contribution is 2.18. The van der Waals surface area contributed by atoms with Gasteiger partial charge in [0.1, 0.15) is 0 Å². The molecular weight excluding hydrogens is 316 g/mol. The van der Waals surface area contributed by atoms with Crippen LogP contribution in [0.2, 0.25) is 0 Å². The summed E-state index contributed by atoms with van der Waals surface area (Å²) >= 11 is 0. The number of nitrogens with zero attached hydrogens (tertiary/aromatic N) is 4. The summed E-state index contributed by atoms with van der Waals surface area (Å²) in [4.78, 5) is 25.2. The Bertz CT molecular complexity index is 700. The largest absolute Gasteiger partial charge is 0.475 e. The minimum atomic E-state index is 0.0331. The first kappa shape index (κ1) is 17.2. The van der Waals surface area contributed by atoms with Crippen molar-refractivity contribution in [2.45, 2.75) is 26.4 Å². The van der Waals surface area contributed by atoms with Gasteiger partial charge >= 0.3 is 0 Å². The maximum absolute atomic E-state index is 12.8. The number of carbonyl (C=O) groups is 1. The van der Waals surface area contributed by atoms with Gasteiger partial charge in [0.25, 0.3) is 5.91 Å². The molecule has 3 heterocycles. The van der Waals surface area contributed by atoms with E-state index in [4.69, 9.17) is 4.74 Å². The molecule has 0 N–H and O–H groups in total. The van der Waals surface area contributed by atoms with Crippen LogP contribution in [0, 0.1) is 0 Å². The number of piperazine rings is 1. The van der Waals surface area contributed by atoms with Gasteiger partial charge < -0.3 is 14.5 Å². The van der Waals surface area contributed by atoms with Crippen LogP contribution in [0.1, 0.15) is 30.6 Å². The van der Waals surface area contributed by atoms with Crippen molar-refractivity contribution in [2.24, 2.45) is 0 Å². The van der Waals surface area contributed by atoms with Crippen LogP contribution in [-0.2, 0) is 0 Å². The number of anilines is 1. The Morgan fingerprint density at radius 1 is 1.16 bits per heavy atom. The zero-order valence-electron chi connectivity index (χ0n) is 14.8. The van der Waals surface area contributed by atoms with Gasteiger partial charge in [-0.25, -0.2) is 4.98 Å². The highest BCUT2D eigenvalue weighted by atomic mass is 16.5. The van der Waals surface area contributed by atoms with Crippen LogP contribution in [-0.4, -0.2) is 53.1 Å². The molecule has 1 aliphatic heterocycles. The molecule has 1 aliphatic rings. The van der Waals surface area contributed by atoms with Crippen molar-refractivity contribution < 1.29 is 9.53 Å². The van der Waals surface area contributed by atoms with Gasteiger partial charge in [0.05, 0.1) is 6.10 Å². The first-order valence-electron chi connectivity index (χ1n) is 8.74. The Hall–Kier alpha value is -2.63. The standard InChI is InChI=1S/C19H24N4O2/c1-3-15(2)25-18-14-16(4-9-21-18)19(24)23-12-10-22(11-13-23)17-5-7-20-8-6-17/h4-9,14-15H,3,10-13H2,1-2H3/t15-/m1/s1. The maximum Gasteiger partial charge on any atom is 0.254 e. The summed E-state index contributed by atoms with van der Waals surface area (Å²) in [6.45, 7) is 7.08. The van der Waals surface area contributed by atoms with E-state index in [0.29, 0.717) is 24.5 Å². The number of carbonyl (C=O) groups excluding carboxylic acids is 1. The molecule has 0 unspecified atom stereocenters. The second-order valence-electron chi connectivity index (χ2n) is 6.20. The van der Waals surface area contributed by atoms with Gasteiger partial charge in [-0.1, -0.05) is 6.92 Å². The normalized spacial score (nSPS) is 15.8. The molecule has 6 nitrogen and oxygen atoms in total. The van der Waals surface area contributed by atoms with Crippen LogP contribution in [0.4, 0.5) is 5.69 Å². The second kappa shape index (κ2) is 7.96. The minimum Gasteiger partial charge on any atom is -0.475 e. The molecule has 2 aromatic heterocycles. The summed E-state index contributed by atoms with van der Waals surface area (Å²) in [5, 5.41) is 0. The number of amides is 1. The molecule has 0 saturated carbocycles. The van der Waals surface area contributed by atoms with E-state index >= 15 is 0 Å². The molecule has 132 valence electrons. The summed E-state index contributed by atoms with van der Waals surface area (Å²) in [5.41, 5.74) is 1.78. The molecular formula is C19H24N4O2. The molecule has 6 heteroatoms. The fourth-order valence-electron chi connectivity index (χ4n) is 2.80. The predicted molar refractivity (Wildman–Crippen MR) is 97.0 cm³/mol. The van der Waals surface area contributed by atoms with Crippen LogP contribution in [0.3, 0.4) is 0 Å². The van der Waals surface area contributed by atoms with E-state index in [9.17, 15) is 4.79 Å². The molecule has 1 amide bonds. The molecule has 1 fully saturated rings. The highest BCUT2D eigenvalue weighted by molar-refractivity contribution is 5.94. The van der Waals surface area contributed by atoms with Crippen molar-refractivity contribution in [1.29, 1.82) is 0 Å².